The fourth-order valence-corrected chi connectivity index (χ4v) is 4.67. The molecule has 5 rings (SSSR count). The van der Waals surface area contributed by atoms with E-state index in [4.69, 9.17) is 10.7 Å². The second-order valence-electron chi connectivity index (χ2n) is 8.93. The predicted octanol–water partition coefficient (Wildman–Crippen LogP) is 5.79. The van der Waals surface area contributed by atoms with Crippen LogP contribution in [0.1, 0.15) is 36.9 Å². The van der Waals surface area contributed by atoms with Crippen LogP contribution in [0.4, 0.5) is 11.5 Å². The van der Waals surface area contributed by atoms with Crippen LogP contribution in [0, 0.1) is 5.92 Å². The van der Waals surface area contributed by atoms with Crippen LogP contribution in [0.15, 0.2) is 72.9 Å². The van der Waals surface area contributed by atoms with Gasteiger partial charge in [0.05, 0.1) is 24.0 Å². The zero-order valence-corrected chi connectivity index (χ0v) is 18.6. The second kappa shape index (κ2) is 9.41. The monoisotopic (exact) mass is 436 g/mol. The Morgan fingerprint density at radius 3 is 2.52 bits per heavy atom. The number of amides is 1. The summed E-state index contributed by atoms with van der Waals surface area (Å²) >= 11 is 0. The molecule has 33 heavy (non-hydrogen) atoms. The number of rotatable bonds is 6. The quantitative estimate of drug-likeness (QED) is 0.375. The number of nitrogen functional groups attached to an aromatic ring is 1. The van der Waals surface area contributed by atoms with Crippen molar-refractivity contribution in [3.63, 3.8) is 0 Å². The molecule has 1 fully saturated rings. The van der Waals surface area contributed by atoms with Crippen LogP contribution in [0.2, 0.25) is 0 Å². The fraction of sp³-hybridized carbons (Fsp3) is 0.250. The molecule has 0 spiro atoms. The molecule has 1 heterocycles. The lowest BCUT2D eigenvalue weighted by molar-refractivity contribution is -0.115. The Balaban J connectivity index is 1.37. The molecule has 3 N–H and O–H groups in total. The van der Waals surface area contributed by atoms with Gasteiger partial charge in [-0.15, -0.1) is 0 Å². The number of carbonyl (C=O) groups is 1. The Hall–Kier alpha value is -3.73. The zero-order valence-electron chi connectivity index (χ0n) is 18.6. The third-order valence-corrected chi connectivity index (χ3v) is 6.44. The van der Waals surface area contributed by atoms with Crippen molar-refractivity contribution in [3.8, 4) is 11.3 Å². The lowest BCUT2D eigenvalue weighted by atomic mass is 10.0. The Kier molecular flexibility index (Phi) is 6.03. The van der Waals surface area contributed by atoms with Crippen molar-refractivity contribution in [1.29, 1.82) is 0 Å². The van der Waals surface area contributed by atoms with Gasteiger partial charge < -0.3 is 11.1 Å². The van der Waals surface area contributed by atoms with Gasteiger partial charge in [0.2, 0.25) is 5.91 Å². The highest BCUT2D eigenvalue weighted by molar-refractivity contribution is 5.93. The van der Waals surface area contributed by atoms with Gasteiger partial charge in [0, 0.05) is 11.3 Å². The summed E-state index contributed by atoms with van der Waals surface area (Å²) in [5, 5.41) is 5.34. The van der Waals surface area contributed by atoms with E-state index >= 15 is 0 Å². The predicted molar refractivity (Wildman–Crippen MR) is 134 cm³/mol. The SMILES string of the molecule is Nc1ccc(-c2cnc(NC(=O)Cc3ccc4ccccc4c3)c(CC3CCCC3)n2)cc1. The average Bonchev–Trinajstić information content (AvgIpc) is 3.34. The molecule has 1 aromatic heterocycles. The summed E-state index contributed by atoms with van der Waals surface area (Å²) in [7, 11) is 0. The molecule has 4 aromatic rings. The Bertz CT molecular complexity index is 1280. The van der Waals surface area contributed by atoms with E-state index in [0.717, 1.165) is 40.0 Å². The standard InChI is InChI=1S/C28H28N4O/c29-24-13-11-22(12-14-24)26-18-30-28(25(31-26)16-19-5-1-2-6-19)32-27(33)17-20-9-10-21-7-3-4-8-23(21)15-20/h3-4,7-15,18-19H,1-2,5-6,16-17,29H2,(H,30,32,33). The molecule has 1 aliphatic rings. The van der Waals surface area contributed by atoms with Gasteiger partial charge in [0.25, 0.3) is 0 Å². The number of nitrogens with one attached hydrogen (secondary N) is 1. The summed E-state index contributed by atoms with van der Waals surface area (Å²) in [6.07, 6.45) is 7.81. The molecule has 0 saturated heterocycles. The number of aromatic nitrogens is 2. The maximum Gasteiger partial charge on any atom is 0.229 e. The van der Waals surface area contributed by atoms with E-state index in [-0.39, 0.29) is 5.91 Å². The van der Waals surface area contributed by atoms with Crippen molar-refractivity contribution in [2.24, 2.45) is 5.92 Å². The number of carbonyl (C=O) groups excluding carboxylic acids is 1. The molecule has 3 aromatic carbocycles. The molecule has 0 bridgehead atoms. The Labute approximate surface area is 194 Å². The summed E-state index contributed by atoms with van der Waals surface area (Å²) in [5.74, 6) is 1.09. The smallest absolute Gasteiger partial charge is 0.229 e. The van der Waals surface area contributed by atoms with Crippen molar-refractivity contribution >= 4 is 28.2 Å². The molecule has 0 atom stereocenters. The maximum atomic E-state index is 12.9. The zero-order chi connectivity index (χ0) is 22.6. The van der Waals surface area contributed by atoms with E-state index in [9.17, 15) is 4.79 Å². The number of nitrogens with zero attached hydrogens (tertiary/aromatic N) is 2. The molecule has 5 heteroatoms. The Morgan fingerprint density at radius 1 is 0.970 bits per heavy atom. The minimum absolute atomic E-state index is 0.0764. The van der Waals surface area contributed by atoms with E-state index in [1.54, 1.807) is 6.20 Å². The van der Waals surface area contributed by atoms with Gasteiger partial charge >= 0.3 is 0 Å². The molecule has 0 aliphatic heterocycles. The first-order valence-electron chi connectivity index (χ1n) is 11.6. The summed E-state index contributed by atoms with van der Waals surface area (Å²) < 4.78 is 0. The topological polar surface area (TPSA) is 80.9 Å². The number of hydrogen-bond donors (Lipinski definition) is 2. The highest BCUT2D eigenvalue weighted by atomic mass is 16.1. The lowest BCUT2D eigenvalue weighted by Crippen LogP contribution is -2.18. The van der Waals surface area contributed by atoms with Gasteiger partial charge in [0.15, 0.2) is 5.82 Å². The maximum absolute atomic E-state index is 12.9. The molecule has 5 nitrogen and oxygen atoms in total. The third-order valence-electron chi connectivity index (χ3n) is 6.44. The molecule has 0 unspecified atom stereocenters. The largest absolute Gasteiger partial charge is 0.399 e. The number of hydrogen-bond acceptors (Lipinski definition) is 4. The summed E-state index contributed by atoms with van der Waals surface area (Å²) in [6, 6.07) is 22.0. The van der Waals surface area contributed by atoms with Crippen LogP contribution < -0.4 is 11.1 Å². The Morgan fingerprint density at radius 2 is 1.73 bits per heavy atom. The van der Waals surface area contributed by atoms with Crippen LogP contribution >= 0.6 is 0 Å². The molecular weight excluding hydrogens is 408 g/mol. The minimum Gasteiger partial charge on any atom is -0.399 e. The molecule has 1 saturated carbocycles. The third kappa shape index (κ3) is 5.03. The van der Waals surface area contributed by atoms with Crippen molar-refractivity contribution in [3.05, 3.63) is 84.2 Å². The van der Waals surface area contributed by atoms with Crippen molar-refractivity contribution in [1.82, 2.24) is 9.97 Å². The van der Waals surface area contributed by atoms with Crippen LogP contribution in [0.3, 0.4) is 0 Å². The van der Waals surface area contributed by atoms with Crippen molar-refractivity contribution < 1.29 is 4.79 Å². The fourth-order valence-electron chi connectivity index (χ4n) is 4.67. The summed E-state index contributed by atoms with van der Waals surface area (Å²) in [5.41, 5.74) is 10.2. The van der Waals surface area contributed by atoms with Crippen molar-refractivity contribution in [2.45, 2.75) is 38.5 Å². The lowest BCUT2D eigenvalue weighted by Gasteiger charge is -2.14. The van der Waals surface area contributed by atoms with Gasteiger partial charge in [-0.1, -0.05) is 80.3 Å². The van der Waals surface area contributed by atoms with E-state index in [1.165, 1.54) is 31.1 Å². The molecule has 166 valence electrons. The molecule has 1 aliphatic carbocycles. The van der Waals surface area contributed by atoms with Gasteiger partial charge in [-0.05, 0) is 40.8 Å². The first-order valence-corrected chi connectivity index (χ1v) is 11.6. The minimum atomic E-state index is -0.0764. The number of nitrogens with two attached hydrogens (primary N) is 1. The average molecular weight is 437 g/mol. The second-order valence-corrected chi connectivity index (χ2v) is 8.93. The van der Waals surface area contributed by atoms with Gasteiger partial charge in [-0.25, -0.2) is 9.97 Å². The van der Waals surface area contributed by atoms with E-state index in [0.29, 0.717) is 18.2 Å². The molecule has 1 amide bonds. The highest BCUT2D eigenvalue weighted by Crippen LogP contribution is 2.30. The highest BCUT2D eigenvalue weighted by Gasteiger charge is 2.20. The van der Waals surface area contributed by atoms with Crippen LogP contribution in [0.25, 0.3) is 22.0 Å². The first kappa shape index (κ1) is 21.1. The van der Waals surface area contributed by atoms with E-state index in [2.05, 4.69) is 34.6 Å². The molecular formula is C28H28N4O. The van der Waals surface area contributed by atoms with Crippen LogP contribution in [-0.2, 0) is 17.6 Å². The molecule has 0 radical (unpaired) electrons. The number of anilines is 2. The van der Waals surface area contributed by atoms with Gasteiger partial charge in [-0.2, -0.15) is 0 Å². The van der Waals surface area contributed by atoms with E-state index in [1.807, 2.05) is 42.5 Å². The summed E-state index contributed by atoms with van der Waals surface area (Å²) in [6.45, 7) is 0. The van der Waals surface area contributed by atoms with Crippen molar-refractivity contribution in [2.75, 3.05) is 11.1 Å². The van der Waals surface area contributed by atoms with Crippen LogP contribution in [-0.4, -0.2) is 15.9 Å². The number of benzene rings is 3. The van der Waals surface area contributed by atoms with Gasteiger partial charge in [0.1, 0.15) is 0 Å². The normalized spacial score (nSPS) is 13.9. The summed E-state index contributed by atoms with van der Waals surface area (Å²) in [4.78, 5) is 22.5. The number of fused-ring (bicyclic) bond motifs is 1. The van der Waals surface area contributed by atoms with Crippen LogP contribution in [0.5, 0.6) is 0 Å². The van der Waals surface area contributed by atoms with Gasteiger partial charge in [-0.3, -0.25) is 4.79 Å². The van der Waals surface area contributed by atoms with E-state index < -0.39 is 0 Å². The first-order chi connectivity index (χ1) is 16.1.